The molecule has 1 amide bonds. The van der Waals surface area contributed by atoms with Crippen molar-refractivity contribution in [3.8, 4) is 0 Å². The molecule has 3 fully saturated rings. The zero-order valence-electron chi connectivity index (χ0n) is 13.3. The number of carbonyl (C=O) groups excluding carboxylic acids is 1. The fourth-order valence-corrected chi connectivity index (χ4v) is 7.09. The Balaban J connectivity index is 1.15. The van der Waals surface area contributed by atoms with Crippen LogP contribution in [0.2, 0.25) is 0 Å². The van der Waals surface area contributed by atoms with E-state index in [4.69, 9.17) is 4.74 Å². The van der Waals surface area contributed by atoms with Gasteiger partial charge in [-0.15, -0.1) is 23.5 Å². The highest BCUT2D eigenvalue weighted by Crippen LogP contribution is 2.71. The molecule has 5 rings (SSSR count). The maximum atomic E-state index is 12.3. The van der Waals surface area contributed by atoms with Crippen molar-refractivity contribution in [1.82, 2.24) is 9.80 Å². The van der Waals surface area contributed by atoms with Crippen LogP contribution in [0, 0.1) is 0 Å². The molecule has 3 heterocycles. The summed E-state index contributed by atoms with van der Waals surface area (Å²) >= 11 is 4.20. The molecule has 3 aliphatic heterocycles. The van der Waals surface area contributed by atoms with E-state index < -0.39 is 0 Å². The number of ether oxygens (including phenoxy) is 1. The Bertz CT molecular complexity index is 675. The second-order valence-electron chi connectivity index (χ2n) is 6.71. The van der Waals surface area contributed by atoms with Crippen LogP contribution in [0.25, 0.3) is 0 Å². The van der Waals surface area contributed by atoms with E-state index in [-0.39, 0.29) is 6.09 Å². The predicted molar refractivity (Wildman–Crippen MR) is 98.2 cm³/mol. The third-order valence-electron chi connectivity index (χ3n) is 5.31. The van der Waals surface area contributed by atoms with Gasteiger partial charge < -0.3 is 9.64 Å². The van der Waals surface area contributed by atoms with Crippen molar-refractivity contribution < 1.29 is 9.53 Å². The fourth-order valence-electron chi connectivity index (χ4n) is 3.87. The number of carbonyl (C=O) groups is 1. The summed E-state index contributed by atoms with van der Waals surface area (Å²) < 4.78 is 5.46. The highest BCUT2D eigenvalue weighted by Gasteiger charge is 2.71. The van der Waals surface area contributed by atoms with Crippen molar-refractivity contribution in [3.63, 3.8) is 0 Å². The van der Waals surface area contributed by atoms with Crippen LogP contribution in [-0.2, 0) is 11.3 Å². The van der Waals surface area contributed by atoms with Gasteiger partial charge in [-0.1, -0.05) is 42.5 Å². The summed E-state index contributed by atoms with van der Waals surface area (Å²) in [6.45, 7) is 3.82. The first-order chi connectivity index (χ1) is 11.8. The molecule has 4 atom stereocenters. The van der Waals surface area contributed by atoms with E-state index in [1.54, 1.807) is 0 Å². The average molecular weight is 361 g/mol. The summed E-state index contributed by atoms with van der Waals surface area (Å²) in [6, 6.07) is 9.86. The molecule has 6 heteroatoms. The van der Waals surface area contributed by atoms with Gasteiger partial charge in [0.2, 0.25) is 0 Å². The Labute approximate surface area is 150 Å². The average Bonchev–Trinajstić information content (AvgIpc) is 3.52. The molecule has 24 heavy (non-hydrogen) atoms. The lowest BCUT2D eigenvalue weighted by Gasteiger charge is -2.39. The molecule has 1 aromatic carbocycles. The number of hydrogen-bond acceptors (Lipinski definition) is 5. The number of rotatable bonds is 3. The van der Waals surface area contributed by atoms with Gasteiger partial charge in [0.05, 0.1) is 15.4 Å². The van der Waals surface area contributed by atoms with Crippen molar-refractivity contribution in [2.45, 2.75) is 27.2 Å². The quantitative estimate of drug-likeness (QED) is 0.611. The predicted octanol–water partition coefficient (Wildman–Crippen LogP) is 2.81. The minimum atomic E-state index is -0.182. The molecule has 4 nitrogen and oxygen atoms in total. The number of benzene rings is 1. The molecule has 0 saturated carbocycles. The normalized spacial score (nSPS) is 36.7. The summed E-state index contributed by atoms with van der Waals surface area (Å²) in [5.41, 5.74) is 1.03. The van der Waals surface area contributed by atoms with Crippen molar-refractivity contribution >= 4 is 29.6 Å². The smallest absolute Gasteiger partial charge is 0.410 e. The van der Waals surface area contributed by atoms with Gasteiger partial charge in [0.15, 0.2) is 0 Å². The van der Waals surface area contributed by atoms with E-state index in [2.05, 4.69) is 40.6 Å². The summed E-state index contributed by atoms with van der Waals surface area (Å²) in [5, 5.41) is 2.18. The van der Waals surface area contributed by atoms with E-state index in [0.29, 0.717) is 16.7 Å². The van der Waals surface area contributed by atoms with E-state index >= 15 is 0 Å². The van der Waals surface area contributed by atoms with Crippen LogP contribution in [0.5, 0.6) is 0 Å². The van der Waals surface area contributed by atoms with E-state index in [1.165, 1.54) is 0 Å². The number of fused-ring (bicyclic) bond motifs is 3. The summed E-state index contributed by atoms with van der Waals surface area (Å²) in [7, 11) is 0. The van der Waals surface area contributed by atoms with Crippen LogP contribution in [0.3, 0.4) is 0 Å². The number of nitrogens with zero attached hydrogens (tertiary/aromatic N) is 2. The minimum absolute atomic E-state index is 0.182. The van der Waals surface area contributed by atoms with Crippen molar-refractivity contribution in [2.75, 3.05) is 26.2 Å². The maximum absolute atomic E-state index is 12.3. The zero-order chi connectivity index (χ0) is 16.1. The van der Waals surface area contributed by atoms with Crippen LogP contribution >= 0.6 is 23.5 Å². The van der Waals surface area contributed by atoms with Gasteiger partial charge in [-0.2, -0.15) is 0 Å². The molecular formula is C18H20N2O2S2. The molecule has 3 saturated heterocycles. The molecule has 4 unspecified atom stereocenters. The number of amides is 1. The van der Waals surface area contributed by atoms with Gasteiger partial charge in [-0.25, -0.2) is 4.79 Å². The molecule has 1 aromatic rings. The standard InChI is InChI=1S/C18H20N2O2S2/c21-17(22-12-13-4-2-1-3-5-13)19-8-10-20(11-9-19)18-15(24-18)7-6-14-16(18)23-14/h1-7,14-16H,8-12H2. The third-order valence-corrected chi connectivity index (χ3v) is 8.50. The van der Waals surface area contributed by atoms with Gasteiger partial charge in [0.25, 0.3) is 0 Å². The highest BCUT2D eigenvalue weighted by atomic mass is 32.2. The van der Waals surface area contributed by atoms with Crippen molar-refractivity contribution in [2.24, 2.45) is 0 Å². The molecule has 0 aromatic heterocycles. The van der Waals surface area contributed by atoms with Crippen LogP contribution < -0.4 is 0 Å². The van der Waals surface area contributed by atoms with Gasteiger partial charge in [-0.3, -0.25) is 4.90 Å². The van der Waals surface area contributed by atoms with Gasteiger partial charge in [0, 0.05) is 31.4 Å². The maximum Gasteiger partial charge on any atom is 0.410 e. The monoisotopic (exact) mass is 360 g/mol. The first kappa shape index (κ1) is 15.2. The van der Waals surface area contributed by atoms with Crippen LogP contribution in [-0.4, -0.2) is 62.7 Å². The first-order valence-electron chi connectivity index (χ1n) is 8.50. The Morgan fingerprint density at radius 1 is 1.17 bits per heavy atom. The lowest BCUT2D eigenvalue weighted by atomic mass is 9.99. The van der Waals surface area contributed by atoms with Crippen molar-refractivity contribution in [1.29, 1.82) is 0 Å². The Morgan fingerprint density at radius 3 is 2.75 bits per heavy atom. The number of piperazine rings is 1. The first-order valence-corrected chi connectivity index (χ1v) is 10.3. The highest BCUT2D eigenvalue weighted by molar-refractivity contribution is 8.13. The Hall–Kier alpha value is -1.11. The summed E-state index contributed by atoms with van der Waals surface area (Å²) in [5.74, 6) is 0. The second kappa shape index (κ2) is 5.71. The molecule has 0 N–H and O–H groups in total. The van der Waals surface area contributed by atoms with Gasteiger partial charge in [0.1, 0.15) is 6.61 Å². The second-order valence-corrected chi connectivity index (χ2v) is 9.43. The zero-order valence-corrected chi connectivity index (χ0v) is 15.0. The molecule has 0 spiro atoms. The molecule has 126 valence electrons. The SMILES string of the molecule is O=C(OCc1ccccc1)N1CCN(C23SC2C=CC2SC23)CC1. The van der Waals surface area contributed by atoms with E-state index in [1.807, 2.05) is 35.2 Å². The molecule has 0 bridgehead atoms. The summed E-state index contributed by atoms with van der Waals surface area (Å²) in [6.07, 6.45) is 4.60. The third kappa shape index (κ3) is 2.47. The van der Waals surface area contributed by atoms with Gasteiger partial charge >= 0.3 is 6.09 Å². The number of hydrogen-bond donors (Lipinski definition) is 0. The van der Waals surface area contributed by atoms with Gasteiger partial charge in [-0.05, 0) is 5.56 Å². The van der Waals surface area contributed by atoms with Crippen LogP contribution in [0.1, 0.15) is 5.56 Å². The fraction of sp³-hybridized carbons (Fsp3) is 0.500. The van der Waals surface area contributed by atoms with E-state index in [9.17, 15) is 4.79 Å². The van der Waals surface area contributed by atoms with Crippen molar-refractivity contribution in [3.05, 3.63) is 48.0 Å². The van der Waals surface area contributed by atoms with Crippen LogP contribution in [0.15, 0.2) is 42.5 Å². The topological polar surface area (TPSA) is 32.8 Å². The van der Waals surface area contributed by atoms with Crippen LogP contribution in [0.4, 0.5) is 4.79 Å². The van der Waals surface area contributed by atoms with E-state index in [0.717, 1.165) is 42.2 Å². The minimum Gasteiger partial charge on any atom is -0.445 e. The molecule has 4 aliphatic rings. The Kier molecular flexibility index (Phi) is 3.61. The molecular weight excluding hydrogens is 340 g/mol. The summed E-state index contributed by atoms with van der Waals surface area (Å²) in [4.78, 5) is 17.1. The molecule has 1 aliphatic carbocycles. The number of thioether (sulfide) groups is 2. The Morgan fingerprint density at radius 2 is 1.96 bits per heavy atom. The largest absolute Gasteiger partial charge is 0.445 e. The lowest BCUT2D eigenvalue weighted by Crippen LogP contribution is -2.55. The molecule has 0 radical (unpaired) electrons. The lowest BCUT2D eigenvalue weighted by molar-refractivity contribution is 0.0604.